The van der Waals surface area contributed by atoms with Gasteiger partial charge in [-0.05, 0) is 69.3 Å². The quantitative estimate of drug-likeness (QED) is 0.359. The number of hydrogen-bond acceptors (Lipinski definition) is 7. The van der Waals surface area contributed by atoms with E-state index in [1.165, 1.54) is 9.47 Å². The first-order chi connectivity index (χ1) is 17.8. The summed E-state index contributed by atoms with van der Waals surface area (Å²) in [5, 5.41) is 0.376. The standard InChI is InChI=1S/C28H26N4O5/c1-16(2)37-22-7-5-6-20-24(22)28(35)31(26(20)33)15-14-23-30-25-21(13-8-17(3)29-25)27(34)32(23)18-9-11-19(36-4)12-10-18/h5-13,16H,14-15H2,1-4H3/i4-1. The van der Waals surface area contributed by atoms with Crippen molar-refractivity contribution in [1.29, 1.82) is 0 Å². The Morgan fingerprint density at radius 2 is 1.68 bits per heavy atom. The Hall–Kier alpha value is -4.53. The Morgan fingerprint density at radius 1 is 0.919 bits per heavy atom. The minimum absolute atomic E-state index is 0.0351. The number of benzene rings is 2. The number of amides is 2. The molecule has 0 fully saturated rings. The van der Waals surface area contributed by atoms with Crippen molar-refractivity contribution in [2.24, 2.45) is 0 Å². The van der Waals surface area contributed by atoms with Crippen molar-refractivity contribution in [2.45, 2.75) is 33.3 Å². The summed E-state index contributed by atoms with van der Waals surface area (Å²) < 4.78 is 12.5. The molecule has 0 radical (unpaired) electrons. The number of nitrogens with zero attached hydrogens (tertiary/aromatic N) is 4. The van der Waals surface area contributed by atoms with Crippen LogP contribution in [0.5, 0.6) is 11.5 Å². The summed E-state index contributed by atoms with van der Waals surface area (Å²) in [6.45, 7) is 5.58. The van der Waals surface area contributed by atoms with Crippen LogP contribution in [0.3, 0.4) is 0 Å². The summed E-state index contributed by atoms with van der Waals surface area (Å²) in [5.74, 6) is 0.587. The monoisotopic (exact) mass is 497 g/mol. The first kappa shape index (κ1) is 24.2. The maximum Gasteiger partial charge on any atom is 0.267 e. The van der Waals surface area contributed by atoms with Crippen LogP contribution in [0, 0.1) is 6.92 Å². The molecule has 0 spiro atoms. The molecular formula is C28H26N4O5. The molecule has 2 aromatic carbocycles. The van der Waals surface area contributed by atoms with Crippen molar-refractivity contribution >= 4 is 22.8 Å². The van der Waals surface area contributed by atoms with Crippen LogP contribution in [-0.4, -0.2) is 51.0 Å². The number of rotatable bonds is 7. The van der Waals surface area contributed by atoms with E-state index in [0.29, 0.717) is 39.6 Å². The third-order valence-electron chi connectivity index (χ3n) is 6.15. The molecule has 0 saturated heterocycles. The fourth-order valence-electron chi connectivity index (χ4n) is 4.44. The predicted octanol–water partition coefficient (Wildman–Crippen LogP) is 3.72. The Balaban J connectivity index is 1.54. The van der Waals surface area contributed by atoms with Crippen LogP contribution < -0.4 is 15.0 Å². The summed E-state index contributed by atoms with van der Waals surface area (Å²) in [7, 11) is 1.57. The minimum atomic E-state index is -0.427. The van der Waals surface area contributed by atoms with Crippen LogP contribution >= 0.6 is 0 Å². The molecule has 4 aromatic rings. The van der Waals surface area contributed by atoms with Gasteiger partial charge in [-0.25, -0.2) is 9.97 Å². The normalized spacial score (nSPS) is 12.9. The van der Waals surface area contributed by atoms with Gasteiger partial charge in [-0.15, -0.1) is 0 Å². The molecule has 3 heterocycles. The number of carbonyl (C=O) groups excluding carboxylic acids is 2. The molecule has 0 atom stereocenters. The van der Waals surface area contributed by atoms with E-state index in [4.69, 9.17) is 9.47 Å². The first-order valence-corrected chi connectivity index (χ1v) is 12.0. The van der Waals surface area contributed by atoms with E-state index in [0.717, 1.165) is 5.69 Å². The first-order valence-electron chi connectivity index (χ1n) is 12.0. The molecule has 37 heavy (non-hydrogen) atoms. The molecule has 0 N–H and O–H groups in total. The van der Waals surface area contributed by atoms with Crippen LogP contribution in [0.2, 0.25) is 0 Å². The van der Waals surface area contributed by atoms with Crippen molar-refractivity contribution in [3.05, 3.63) is 87.6 Å². The number of pyridine rings is 1. The summed E-state index contributed by atoms with van der Waals surface area (Å²) in [6, 6.07) is 15.5. The Morgan fingerprint density at radius 3 is 2.38 bits per heavy atom. The lowest BCUT2D eigenvalue weighted by atomic mass is 10.1. The molecule has 188 valence electrons. The van der Waals surface area contributed by atoms with Crippen LogP contribution in [0.25, 0.3) is 16.7 Å². The number of fused-ring (bicyclic) bond motifs is 2. The highest BCUT2D eigenvalue weighted by molar-refractivity contribution is 6.22. The molecule has 1 aliphatic heterocycles. The van der Waals surface area contributed by atoms with Gasteiger partial charge < -0.3 is 9.47 Å². The predicted molar refractivity (Wildman–Crippen MR) is 138 cm³/mol. The zero-order valence-electron chi connectivity index (χ0n) is 21.0. The van der Waals surface area contributed by atoms with Gasteiger partial charge in [0.15, 0.2) is 5.65 Å². The molecule has 1 aliphatic rings. The van der Waals surface area contributed by atoms with Gasteiger partial charge in [-0.3, -0.25) is 23.9 Å². The van der Waals surface area contributed by atoms with Gasteiger partial charge in [-0.2, -0.15) is 0 Å². The summed E-state index contributed by atoms with van der Waals surface area (Å²) >= 11 is 0. The van der Waals surface area contributed by atoms with Gasteiger partial charge in [0, 0.05) is 18.7 Å². The lowest BCUT2D eigenvalue weighted by Gasteiger charge is -2.17. The molecule has 2 amide bonds. The van der Waals surface area contributed by atoms with Crippen molar-refractivity contribution in [2.75, 3.05) is 13.7 Å². The lowest BCUT2D eigenvalue weighted by molar-refractivity contribution is 0.0654. The Kier molecular flexibility index (Phi) is 6.20. The Labute approximate surface area is 213 Å². The zero-order chi connectivity index (χ0) is 26.3. The summed E-state index contributed by atoms with van der Waals surface area (Å²) in [6.07, 6.45) is -0.00119. The molecule has 9 nitrogen and oxygen atoms in total. The summed E-state index contributed by atoms with van der Waals surface area (Å²) in [4.78, 5) is 50.3. The van der Waals surface area contributed by atoms with Gasteiger partial charge in [0.25, 0.3) is 17.4 Å². The van der Waals surface area contributed by atoms with Crippen molar-refractivity contribution in [3.8, 4) is 17.2 Å². The van der Waals surface area contributed by atoms with E-state index in [2.05, 4.69) is 9.97 Å². The topological polar surface area (TPSA) is 104 Å². The lowest BCUT2D eigenvalue weighted by Crippen LogP contribution is -2.34. The van der Waals surface area contributed by atoms with Gasteiger partial charge in [0.05, 0.1) is 35.4 Å². The number of methoxy groups -OCH3 is 1. The maximum atomic E-state index is 13.6. The van der Waals surface area contributed by atoms with Gasteiger partial charge in [0.2, 0.25) is 0 Å². The van der Waals surface area contributed by atoms with Gasteiger partial charge in [-0.1, -0.05) is 6.07 Å². The second-order valence-electron chi connectivity index (χ2n) is 9.05. The highest BCUT2D eigenvalue weighted by atomic mass is 16.5. The fourth-order valence-corrected chi connectivity index (χ4v) is 4.44. The van der Waals surface area contributed by atoms with E-state index < -0.39 is 11.8 Å². The molecule has 0 unspecified atom stereocenters. The van der Waals surface area contributed by atoms with Crippen LogP contribution in [0.4, 0.5) is 0 Å². The van der Waals surface area contributed by atoms with Gasteiger partial charge in [0.1, 0.15) is 17.3 Å². The second kappa shape index (κ2) is 9.50. The fraction of sp³-hybridized carbons (Fsp3) is 0.250. The van der Waals surface area contributed by atoms with Crippen LogP contribution in [0.1, 0.15) is 46.1 Å². The molecule has 0 saturated carbocycles. The number of aryl methyl sites for hydroxylation is 1. The average Bonchev–Trinajstić information content (AvgIpc) is 3.12. The summed E-state index contributed by atoms with van der Waals surface area (Å²) in [5.41, 5.74) is 1.92. The minimum Gasteiger partial charge on any atom is -0.497 e. The van der Waals surface area contributed by atoms with Crippen LogP contribution in [0.15, 0.2) is 59.4 Å². The van der Waals surface area contributed by atoms with Crippen molar-refractivity contribution in [1.82, 2.24) is 19.4 Å². The average molecular weight is 498 g/mol. The van der Waals surface area contributed by atoms with E-state index >= 15 is 0 Å². The molecule has 0 bridgehead atoms. The number of carbonyl (C=O) groups is 2. The third kappa shape index (κ3) is 4.33. The maximum absolute atomic E-state index is 13.6. The molecule has 5 rings (SSSR count). The van der Waals surface area contributed by atoms with E-state index in [-0.39, 0.29) is 30.2 Å². The van der Waals surface area contributed by atoms with Crippen molar-refractivity contribution in [3.63, 3.8) is 0 Å². The third-order valence-corrected chi connectivity index (χ3v) is 6.15. The molecule has 9 heteroatoms. The SMILES string of the molecule is Cc1ccc2c(=O)n(-c3ccc(O[11CH3])cc3)c(CCN3C(=O)c4cccc(OC(C)C)c4C3=O)nc2n1. The Bertz CT molecular complexity index is 1590. The van der Waals surface area contributed by atoms with E-state index in [9.17, 15) is 14.4 Å². The van der Waals surface area contributed by atoms with Crippen molar-refractivity contribution < 1.29 is 19.1 Å². The molecular weight excluding hydrogens is 471 g/mol. The highest BCUT2D eigenvalue weighted by Gasteiger charge is 2.38. The number of ether oxygens (including phenoxy) is 2. The smallest absolute Gasteiger partial charge is 0.267 e. The number of hydrogen-bond donors (Lipinski definition) is 0. The number of imide groups is 1. The zero-order valence-corrected chi connectivity index (χ0v) is 21.0. The highest BCUT2D eigenvalue weighted by Crippen LogP contribution is 2.31. The molecule has 0 aliphatic carbocycles. The molecule has 2 aromatic heterocycles. The number of aromatic nitrogens is 3. The van der Waals surface area contributed by atoms with Crippen LogP contribution in [-0.2, 0) is 6.42 Å². The van der Waals surface area contributed by atoms with E-state index in [1.54, 1.807) is 61.7 Å². The van der Waals surface area contributed by atoms with E-state index in [1.807, 2.05) is 20.8 Å². The second-order valence-corrected chi connectivity index (χ2v) is 9.05. The largest absolute Gasteiger partial charge is 0.497 e. The van der Waals surface area contributed by atoms with Gasteiger partial charge >= 0.3 is 0 Å².